The Hall–Kier alpha value is -2.15. The summed E-state index contributed by atoms with van der Waals surface area (Å²) in [6, 6.07) is 4.03. The van der Waals surface area contributed by atoms with Crippen LogP contribution < -0.4 is 4.74 Å². The Balaban J connectivity index is 1.42. The van der Waals surface area contributed by atoms with Gasteiger partial charge in [0.15, 0.2) is 5.76 Å². The van der Waals surface area contributed by atoms with Crippen LogP contribution in [0, 0.1) is 32.1 Å². The van der Waals surface area contributed by atoms with Crippen LogP contribution in [0.3, 0.4) is 0 Å². The molecule has 6 heteroatoms. The second kappa shape index (κ2) is 7.19. The number of hydrogen-bond donors (Lipinski definition) is 2. The van der Waals surface area contributed by atoms with Crippen molar-refractivity contribution in [3.63, 3.8) is 0 Å². The molecule has 0 aliphatic heterocycles. The van der Waals surface area contributed by atoms with Crippen molar-refractivity contribution in [3.05, 3.63) is 45.5 Å². The molecule has 2 aliphatic rings. The number of aliphatic hydroxyl groups is 2. The maximum absolute atomic E-state index is 9.56. The second-order valence-corrected chi connectivity index (χ2v) is 10.8. The van der Waals surface area contributed by atoms with Gasteiger partial charge in [0.05, 0.1) is 17.7 Å². The summed E-state index contributed by atoms with van der Waals surface area (Å²) in [6.07, 6.45) is 2.05. The number of aliphatic hydroxyl groups excluding tert-OH is 2. The number of benzene rings is 1. The SMILES string of the molecule is Cc1cc(-c2cnc(-c3sc(C)c4c3C[C@@H]3[C@H]4C3(C)C)o2)cc(C)c1OCC(O)CO. The summed E-state index contributed by atoms with van der Waals surface area (Å²) in [5.41, 5.74) is 6.29. The van der Waals surface area contributed by atoms with E-state index in [1.807, 2.05) is 37.3 Å². The third kappa shape index (κ3) is 3.23. The number of aryl methyl sites for hydroxylation is 3. The van der Waals surface area contributed by atoms with E-state index in [9.17, 15) is 5.11 Å². The number of fused-ring (bicyclic) bond motifs is 3. The fourth-order valence-electron chi connectivity index (χ4n) is 5.37. The zero-order chi connectivity index (χ0) is 22.1. The summed E-state index contributed by atoms with van der Waals surface area (Å²) in [5, 5.41) is 18.6. The number of aromatic nitrogens is 1. The molecule has 2 N–H and O–H groups in total. The molecule has 0 amide bonds. The lowest BCUT2D eigenvalue weighted by Crippen LogP contribution is -2.21. The molecule has 1 saturated carbocycles. The standard InChI is InChI=1S/C25H29NO4S/c1-12-6-15(7-13(2)22(12)29-11-16(28)10-27)19-9-26-24(30-19)23-17-8-18-21(25(18,4)5)20(17)14(3)31-23/h6-7,9,16,18,21,27-28H,8,10-11H2,1-5H3/t16?,18-,21-/m1/s1. The first-order valence-corrected chi connectivity index (χ1v) is 11.7. The largest absolute Gasteiger partial charge is 0.490 e. The normalized spacial score (nSPS) is 21.6. The summed E-state index contributed by atoms with van der Waals surface area (Å²) in [6.45, 7) is 10.7. The summed E-state index contributed by atoms with van der Waals surface area (Å²) >= 11 is 1.81. The Kier molecular flexibility index (Phi) is 4.81. The fourth-order valence-corrected chi connectivity index (χ4v) is 6.53. The molecule has 5 nitrogen and oxygen atoms in total. The second-order valence-electron chi connectivity index (χ2n) is 9.61. The average molecular weight is 440 g/mol. The summed E-state index contributed by atoms with van der Waals surface area (Å²) in [4.78, 5) is 7.23. The van der Waals surface area contributed by atoms with E-state index in [0.29, 0.717) is 17.2 Å². The lowest BCUT2D eigenvalue weighted by atomic mass is 9.95. The van der Waals surface area contributed by atoms with E-state index in [0.717, 1.165) is 40.5 Å². The molecule has 2 heterocycles. The van der Waals surface area contributed by atoms with Crippen molar-refractivity contribution in [1.82, 2.24) is 4.98 Å². The van der Waals surface area contributed by atoms with Crippen LogP contribution in [0.5, 0.6) is 5.75 Å². The lowest BCUT2D eigenvalue weighted by Gasteiger charge is -2.15. The van der Waals surface area contributed by atoms with Crippen LogP contribution in [0.4, 0.5) is 0 Å². The highest BCUT2D eigenvalue weighted by Crippen LogP contribution is 2.72. The molecular weight excluding hydrogens is 410 g/mol. The van der Waals surface area contributed by atoms with E-state index in [2.05, 4.69) is 25.8 Å². The van der Waals surface area contributed by atoms with E-state index >= 15 is 0 Å². The molecule has 0 saturated heterocycles. The van der Waals surface area contributed by atoms with Gasteiger partial charge in [-0.15, -0.1) is 11.3 Å². The molecule has 1 unspecified atom stereocenters. The maximum Gasteiger partial charge on any atom is 0.237 e. The zero-order valence-corrected chi connectivity index (χ0v) is 19.5. The molecule has 31 heavy (non-hydrogen) atoms. The molecular formula is C25H29NO4S. The maximum atomic E-state index is 9.56. The summed E-state index contributed by atoms with van der Waals surface area (Å²) in [5.74, 6) is 3.64. The third-order valence-electron chi connectivity index (χ3n) is 7.09. The van der Waals surface area contributed by atoms with Gasteiger partial charge in [0.1, 0.15) is 18.5 Å². The number of thiophene rings is 1. The van der Waals surface area contributed by atoms with Crippen molar-refractivity contribution in [2.24, 2.45) is 11.3 Å². The third-order valence-corrected chi connectivity index (χ3v) is 8.25. The lowest BCUT2D eigenvalue weighted by molar-refractivity contribution is 0.0532. The van der Waals surface area contributed by atoms with Crippen molar-refractivity contribution in [3.8, 4) is 27.8 Å². The van der Waals surface area contributed by atoms with Gasteiger partial charge in [-0.3, -0.25) is 0 Å². The van der Waals surface area contributed by atoms with E-state index < -0.39 is 6.10 Å². The summed E-state index contributed by atoms with van der Waals surface area (Å²) in [7, 11) is 0. The van der Waals surface area contributed by atoms with Crippen LogP contribution >= 0.6 is 11.3 Å². The molecule has 0 spiro atoms. The van der Waals surface area contributed by atoms with Crippen LogP contribution in [-0.4, -0.2) is 34.5 Å². The van der Waals surface area contributed by atoms with Gasteiger partial charge in [-0.2, -0.15) is 0 Å². The van der Waals surface area contributed by atoms with Crippen LogP contribution in [0.25, 0.3) is 22.1 Å². The highest BCUT2D eigenvalue weighted by molar-refractivity contribution is 7.15. The van der Waals surface area contributed by atoms with Gasteiger partial charge in [0, 0.05) is 10.4 Å². The minimum Gasteiger partial charge on any atom is -0.490 e. The first-order chi connectivity index (χ1) is 14.7. The number of hydrogen-bond acceptors (Lipinski definition) is 6. The van der Waals surface area contributed by atoms with Crippen molar-refractivity contribution < 1.29 is 19.4 Å². The highest BCUT2D eigenvalue weighted by Gasteiger charge is 2.63. The van der Waals surface area contributed by atoms with Gasteiger partial charge >= 0.3 is 0 Å². The van der Waals surface area contributed by atoms with Crippen molar-refractivity contribution >= 4 is 11.3 Å². The van der Waals surface area contributed by atoms with Crippen LogP contribution in [0.15, 0.2) is 22.7 Å². The Labute approximate surface area is 186 Å². The molecule has 3 atom stereocenters. The average Bonchev–Trinajstić information content (AvgIpc) is 3.22. The molecule has 164 valence electrons. The molecule has 1 aromatic carbocycles. The number of rotatable bonds is 6. The Morgan fingerprint density at radius 2 is 1.97 bits per heavy atom. The Morgan fingerprint density at radius 1 is 1.26 bits per heavy atom. The van der Waals surface area contributed by atoms with E-state index in [1.54, 1.807) is 11.8 Å². The number of oxazole rings is 1. The van der Waals surface area contributed by atoms with Crippen molar-refractivity contribution in [2.75, 3.05) is 13.2 Å². The quantitative estimate of drug-likeness (QED) is 0.564. The topological polar surface area (TPSA) is 75.7 Å². The zero-order valence-electron chi connectivity index (χ0n) is 18.7. The van der Waals surface area contributed by atoms with Crippen molar-refractivity contribution in [2.45, 2.75) is 53.1 Å². The van der Waals surface area contributed by atoms with E-state index in [-0.39, 0.29) is 13.2 Å². The molecule has 0 radical (unpaired) electrons. The molecule has 2 aromatic heterocycles. The van der Waals surface area contributed by atoms with Crippen LogP contribution in [-0.2, 0) is 6.42 Å². The predicted octanol–water partition coefficient (Wildman–Crippen LogP) is 5.02. The molecule has 1 fully saturated rings. The van der Waals surface area contributed by atoms with Gasteiger partial charge in [-0.25, -0.2) is 4.98 Å². The van der Waals surface area contributed by atoms with Crippen molar-refractivity contribution in [1.29, 1.82) is 0 Å². The molecule has 0 bridgehead atoms. The minimum absolute atomic E-state index is 0.0611. The van der Waals surface area contributed by atoms with Gasteiger partial charge in [-0.05, 0) is 78.8 Å². The Bertz CT molecular complexity index is 1140. The first-order valence-electron chi connectivity index (χ1n) is 10.8. The predicted molar refractivity (Wildman–Crippen MR) is 122 cm³/mol. The number of ether oxygens (including phenoxy) is 1. The number of nitrogens with zero attached hydrogens (tertiary/aromatic N) is 1. The van der Waals surface area contributed by atoms with Gasteiger partial charge in [0.25, 0.3) is 0 Å². The highest BCUT2D eigenvalue weighted by atomic mass is 32.1. The summed E-state index contributed by atoms with van der Waals surface area (Å²) < 4.78 is 12.0. The van der Waals surface area contributed by atoms with Gasteiger partial charge in [0.2, 0.25) is 5.89 Å². The molecule has 5 rings (SSSR count). The monoisotopic (exact) mass is 439 g/mol. The van der Waals surface area contributed by atoms with Crippen LogP contribution in [0.1, 0.15) is 46.9 Å². The van der Waals surface area contributed by atoms with Gasteiger partial charge in [-0.1, -0.05) is 13.8 Å². The molecule has 2 aliphatic carbocycles. The van der Waals surface area contributed by atoms with Crippen LogP contribution in [0.2, 0.25) is 0 Å². The van der Waals surface area contributed by atoms with E-state index in [4.69, 9.17) is 14.3 Å². The molecule has 3 aromatic rings. The smallest absolute Gasteiger partial charge is 0.237 e. The van der Waals surface area contributed by atoms with E-state index in [1.165, 1.54) is 15.3 Å². The minimum atomic E-state index is -0.886. The van der Waals surface area contributed by atoms with Gasteiger partial charge < -0.3 is 19.4 Å². The Morgan fingerprint density at radius 3 is 2.65 bits per heavy atom. The fraction of sp³-hybridized carbons (Fsp3) is 0.480. The first kappa shape index (κ1) is 20.7.